The summed E-state index contributed by atoms with van der Waals surface area (Å²) in [6.07, 6.45) is 0. The molecule has 5 heteroatoms. The van der Waals surface area contributed by atoms with Crippen LogP contribution in [0.5, 0.6) is 0 Å². The van der Waals surface area contributed by atoms with Gasteiger partial charge in [-0.3, -0.25) is 4.72 Å². The molecular formula is C15H22N2O2S. The Labute approximate surface area is 121 Å². The van der Waals surface area contributed by atoms with Gasteiger partial charge in [-0.05, 0) is 30.0 Å². The third kappa shape index (κ3) is 5.64. The maximum Gasteiger partial charge on any atom is 0.233 e. The second kappa shape index (κ2) is 6.29. The van der Waals surface area contributed by atoms with Crippen molar-refractivity contribution in [2.24, 2.45) is 11.1 Å². The minimum absolute atomic E-state index is 0.0676. The molecule has 0 radical (unpaired) electrons. The number of hydrogen-bond acceptors (Lipinski definition) is 3. The third-order valence-corrected chi connectivity index (χ3v) is 4.24. The molecule has 0 bridgehead atoms. The maximum atomic E-state index is 12.1. The van der Waals surface area contributed by atoms with Gasteiger partial charge in [0.15, 0.2) is 0 Å². The van der Waals surface area contributed by atoms with Crippen molar-refractivity contribution < 1.29 is 8.42 Å². The second-order valence-corrected chi connectivity index (χ2v) is 7.68. The monoisotopic (exact) mass is 294 g/mol. The maximum absolute atomic E-state index is 12.1. The fourth-order valence-electron chi connectivity index (χ4n) is 1.74. The van der Waals surface area contributed by atoms with E-state index < -0.39 is 10.0 Å². The molecule has 0 saturated carbocycles. The van der Waals surface area contributed by atoms with Gasteiger partial charge in [-0.2, -0.15) is 0 Å². The van der Waals surface area contributed by atoms with Crippen LogP contribution in [-0.2, 0) is 10.0 Å². The van der Waals surface area contributed by atoms with Crippen LogP contribution in [0.15, 0.2) is 18.2 Å². The summed E-state index contributed by atoms with van der Waals surface area (Å²) in [6.45, 7) is 7.81. The molecule has 0 aromatic heterocycles. The molecule has 20 heavy (non-hydrogen) atoms. The lowest BCUT2D eigenvalue weighted by Crippen LogP contribution is -2.26. The number of nitrogens with two attached hydrogens (primary N) is 1. The first kappa shape index (κ1) is 16.5. The van der Waals surface area contributed by atoms with Crippen LogP contribution in [0.2, 0.25) is 0 Å². The first-order valence-corrected chi connectivity index (χ1v) is 8.08. The lowest BCUT2D eigenvalue weighted by Gasteiger charge is -2.19. The Bertz CT molecular complexity index is 632. The Kier molecular flexibility index (Phi) is 5.21. The number of benzene rings is 1. The van der Waals surface area contributed by atoms with E-state index in [-0.39, 0.29) is 17.7 Å². The zero-order valence-electron chi connectivity index (χ0n) is 12.4. The van der Waals surface area contributed by atoms with Crippen molar-refractivity contribution in [1.82, 2.24) is 0 Å². The summed E-state index contributed by atoms with van der Waals surface area (Å²) in [7, 11) is -3.37. The van der Waals surface area contributed by atoms with E-state index in [1.54, 1.807) is 6.07 Å². The highest BCUT2D eigenvalue weighted by molar-refractivity contribution is 7.92. The number of hydrogen-bond donors (Lipinski definition) is 2. The Morgan fingerprint density at radius 3 is 2.50 bits per heavy atom. The molecule has 1 aromatic rings. The largest absolute Gasteiger partial charge is 0.320 e. The van der Waals surface area contributed by atoms with Gasteiger partial charge in [0.05, 0.1) is 18.0 Å². The Morgan fingerprint density at radius 2 is 1.95 bits per heavy atom. The fraction of sp³-hybridized carbons (Fsp3) is 0.467. The summed E-state index contributed by atoms with van der Waals surface area (Å²) in [4.78, 5) is 0. The van der Waals surface area contributed by atoms with Gasteiger partial charge in [0.1, 0.15) is 0 Å². The minimum Gasteiger partial charge on any atom is -0.320 e. The van der Waals surface area contributed by atoms with Gasteiger partial charge >= 0.3 is 0 Å². The molecule has 0 saturated heterocycles. The molecule has 0 spiro atoms. The zero-order valence-corrected chi connectivity index (χ0v) is 13.3. The number of rotatable bonds is 3. The Hall–Kier alpha value is -1.51. The molecule has 0 heterocycles. The van der Waals surface area contributed by atoms with Crippen LogP contribution in [0.3, 0.4) is 0 Å². The minimum atomic E-state index is -3.37. The van der Waals surface area contributed by atoms with Crippen molar-refractivity contribution >= 4 is 15.7 Å². The summed E-state index contributed by atoms with van der Waals surface area (Å²) in [6, 6.07) is 5.42. The summed E-state index contributed by atoms with van der Waals surface area (Å²) < 4.78 is 26.9. The van der Waals surface area contributed by atoms with E-state index in [2.05, 4.69) is 16.6 Å². The van der Waals surface area contributed by atoms with Gasteiger partial charge in [0.25, 0.3) is 0 Å². The topological polar surface area (TPSA) is 72.2 Å². The molecule has 1 rings (SSSR count). The van der Waals surface area contributed by atoms with Gasteiger partial charge in [-0.25, -0.2) is 8.42 Å². The lowest BCUT2D eigenvalue weighted by molar-refractivity contribution is 0.463. The SMILES string of the molecule is Cc1ccc(C#CCN)cc1NS(=O)(=O)CC(C)(C)C. The van der Waals surface area contributed by atoms with Crippen molar-refractivity contribution in [3.05, 3.63) is 29.3 Å². The standard InChI is InChI=1S/C15H22N2O2S/c1-12-7-8-13(6-5-9-16)10-14(12)17-20(18,19)11-15(2,3)4/h7-8,10,17H,9,11,16H2,1-4H3. The molecule has 0 amide bonds. The summed E-state index contributed by atoms with van der Waals surface area (Å²) in [5, 5.41) is 0. The van der Waals surface area contributed by atoms with E-state index in [0.29, 0.717) is 5.69 Å². The third-order valence-electron chi connectivity index (χ3n) is 2.46. The summed E-state index contributed by atoms with van der Waals surface area (Å²) in [5.41, 5.74) is 7.21. The van der Waals surface area contributed by atoms with Crippen LogP contribution in [0.1, 0.15) is 31.9 Å². The molecule has 0 fully saturated rings. The number of anilines is 1. The van der Waals surface area contributed by atoms with E-state index in [1.165, 1.54) is 0 Å². The van der Waals surface area contributed by atoms with Crippen LogP contribution < -0.4 is 10.5 Å². The highest BCUT2D eigenvalue weighted by Crippen LogP contribution is 2.21. The smallest absolute Gasteiger partial charge is 0.233 e. The van der Waals surface area contributed by atoms with Crippen LogP contribution in [0, 0.1) is 24.2 Å². The van der Waals surface area contributed by atoms with Crippen molar-refractivity contribution in [2.75, 3.05) is 17.0 Å². The van der Waals surface area contributed by atoms with Crippen molar-refractivity contribution in [3.63, 3.8) is 0 Å². The fourth-order valence-corrected chi connectivity index (χ4v) is 3.50. The average molecular weight is 294 g/mol. The summed E-state index contributed by atoms with van der Waals surface area (Å²) in [5.74, 6) is 5.72. The van der Waals surface area contributed by atoms with Crippen molar-refractivity contribution in [3.8, 4) is 11.8 Å². The molecule has 110 valence electrons. The molecule has 0 aliphatic carbocycles. The lowest BCUT2D eigenvalue weighted by atomic mass is 10.0. The molecule has 0 aliphatic rings. The number of aryl methyl sites for hydroxylation is 1. The van der Waals surface area contributed by atoms with Gasteiger partial charge in [-0.15, -0.1) is 0 Å². The molecule has 1 aromatic carbocycles. The van der Waals surface area contributed by atoms with Gasteiger partial charge in [0, 0.05) is 5.56 Å². The number of nitrogens with one attached hydrogen (secondary N) is 1. The first-order chi connectivity index (χ1) is 9.13. The van der Waals surface area contributed by atoms with Gasteiger partial charge < -0.3 is 5.73 Å². The normalized spacial score (nSPS) is 11.7. The van der Waals surface area contributed by atoms with Crippen LogP contribution in [0.4, 0.5) is 5.69 Å². The van der Waals surface area contributed by atoms with Crippen LogP contribution in [0.25, 0.3) is 0 Å². The molecule has 0 atom stereocenters. The van der Waals surface area contributed by atoms with E-state index in [9.17, 15) is 8.42 Å². The molecule has 0 aliphatic heterocycles. The quantitative estimate of drug-likeness (QED) is 0.839. The Balaban J connectivity index is 3.03. The van der Waals surface area contributed by atoms with E-state index >= 15 is 0 Å². The van der Waals surface area contributed by atoms with E-state index in [1.807, 2.05) is 39.8 Å². The predicted molar refractivity (Wildman–Crippen MR) is 84.0 cm³/mol. The van der Waals surface area contributed by atoms with Crippen LogP contribution >= 0.6 is 0 Å². The first-order valence-electron chi connectivity index (χ1n) is 6.43. The molecule has 3 N–H and O–H groups in total. The van der Waals surface area contributed by atoms with E-state index in [0.717, 1.165) is 11.1 Å². The van der Waals surface area contributed by atoms with Crippen molar-refractivity contribution in [2.45, 2.75) is 27.7 Å². The number of sulfonamides is 1. The van der Waals surface area contributed by atoms with Gasteiger partial charge in [-0.1, -0.05) is 38.7 Å². The average Bonchev–Trinajstić information content (AvgIpc) is 2.26. The predicted octanol–water partition coefficient (Wildman–Crippen LogP) is 2.09. The molecular weight excluding hydrogens is 272 g/mol. The molecule has 0 unspecified atom stereocenters. The van der Waals surface area contributed by atoms with E-state index in [4.69, 9.17) is 5.73 Å². The van der Waals surface area contributed by atoms with Crippen LogP contribution in [-0.4, -0.2) is 20.7 Å². The molecule has 4 nitrogen and oxygen atoms in total. The highest BCUT2D eigenvalue weighted by atomic mass is 32.2. The van der Waals surface area contributed by atoms with Crippen molar-refractivity contribution in [1.29, 1.82) is 0 Å². The Morgan fingerprint density at radius 1 is 1.30 bits per heavy atom. The zero-order chi connectivity index (χ0) is 15.4. The van der Waals surface area contributed by atoms with Gasteiger partial charge in [0.2, 0.25) is 10.0 Å². The summed E-state index contributed by atoms with van der Waals surface area (Å²) >= 11 is 0. The highest BCUT2D eigenvalue weighted by Gasteiger charge is 2.22. The second-order valence-electron chi connectivity index (χ2n) is 5.96.